The summed E-state index contributed by atoms with van der Waals surface area (Å²) in [5.41, 5.74) is -0.473. The number of carbonyl (C=O) groups is 1. The molecule has 0 bridgehead atoms. The molecule has 118 valence electrons. The Morgan fingerprint density at radius 3 is 2.71 bits per heavy atom. The highest BCUT2D eigenvalue weighted by Gasteiger charge is 2.16. The van der Waals surface area contributed by atoms with E-state index in [0.29, 0.717) is 5.96 Å². The van der Waals surface area contributed by atoms with Crippen molar-refractivity contribution in [1.82, 2.24) is 20.4 Å². The van der Waals surface area contributed by atoms with Gasteiger partial charge in [-0.1, -0.05) is 0 Å². The first-order valence-electron chi connectivity index (χ1n) is 7.04. The third kappa shape index (κ3) is 7.96. The van der Waals surface area contributed by atoms with E-state index in [2.05, 4.69) is 20.7 Å². The van der Waals surface area contributed by atoms with Crippen LogP contribution in [-0.4, -0.2) is 47.4 Å². The minimum absolute atomic E-state index is 0.0934. The lowest BCUT2D eigenvalue weighted by molar-refractivity contribution is -0.153. The molecule has 1 heterocycles. The number of esters is 1. The average Bonchev–Trinajstić information content (AvgIpc) is 2.89. The van der Waals surface area contributed by atoms with Crippen molar-refractivity contribution in [2.75, 3.05) is 20.1 Å². The second kappa shape index (κ2) is 8.28. The molecule has 0 aliphatic heterocycles. The van der Waals surface area contributed by atoms with Crippen molar-refractivity contribution in [3.63, 3.8) is 0 Å². The van der Waals surface area contributed by atoms with E-state index in [1.807, 2.05) is 37.7 Å². The summed E-state index contributed by atoms with van der Waals surface area (Å²) >= 11 is 0. The molecule has 0 fully saturated rings. The number of nitrogens with one attached hydrogen (secondary N) is 2. The van der Waals surface area contributed by atoms with Gasteiger partial charge in [-0.2, -0.15) is 5.10 Å². The van der Waals surface area contributed by atoms with E-state index in [4.69, 9.17) is 4.74 Å². The van der Waals surface area contributed by atoms with Crippen molar-refractivity contribution < 1.29 is 9.53 Å². The van der Waals surface area contributed by atoms with Gasteiger partial charge in [0.2, 0.25) is 0 Å². The zero-order chi connectivity index (χ0) is 15.7. The van der Waals surface area contributed by atoms with Crippen LogP contribution in [0.1, 0.15) is 27.2 Å². The molecule has 0 spiro atoms. The lowest BCUT2D eigenvalue weighted by atomic mass is 10.2. The topological polar surface area (TPSA) is 80.5 Å². The number of rotatable bonds is 6. The van der Waals surface area contributed by atoms with Crippen LogP contribution in [-0.2, 0) is 16.1 Å². The molecule has 2 N–H and O–H groups in total. The second-order valence-electron chi connectivity index (χ2n) is 5.56. The zero-order valence-electron chi connectivity index (χ0n) is 13.2. The second-order valence-corrected chi connectivity index (χ2v) is 5.56. The monoisotopic (exact) mass is 295 g/mol. The highest BCUT2D eigenvalue weighted by atomic mass is 16.6. The van der Waals surface area contributed by atoms with E-state index in [0.717, 1.165) is 19.5 Å². The summed E-state index contributed by atoms with van der Waals surface area (Å²) in [6.45, 7) is 7.20. The largest absolute Gasteiger partial charge is 0.459 e. The number of guanidine groups is 1. The number of carbonyl (C=O) groups excluding carboxylic acids is 1. The Balaban J connectivity index is 2.18. The Morgan fingerprint density at radius 1 is 1.38 bits per heavy atom. The molecule has 1 aromatic heterocycles. The molecule has 21 heavy (non-hydrogen) atoms. The fourth-order valence-electron chi connectivity index (χ4n) is 1.63. The van der Waals surface area contributed by atoms with Gasteiger partial charge in [0, 0.05) is 32.5 Å². The molecule has 0 unspecified atom stereocenters. The quantitative estimate of drug-likeness (QED) is 0.351. The smallest absolute Gasteiger partial charge is 0.325 e. The summed E-state index contributed by atoms with van der Waals surface area (Å²) in [5, 5.41) is 10.2. The molecule has 7 heteroatoms. The molecule has 0 saturated carbocycles. The molecule has 1 rings (SSSR count). The van der Waals surface area contributed by atoms with Gasteiger partial charge in [0.05, 0.1) is 0 Å². The lowest BCUT2D eigenvalue weighted by Gasteiger charge is -2.20. The maximum Gasteiger partial charge on any atom is 0.325 e. The summed E-state index contributed by atoms with van der Waals surface area (Å²) in [6.07, 6.45) is 4.60. The minimum atomic E-state index is -0.473. The summed E-state index contributed by atoms with van der Waals surface area (Å²) in [5.74, 6) is 0.281. The van der Waals surface area contributed by atoms with Crippen molar-refractivity contribution in [2.45, 2.75) is 39.3 Å². The first-order chi connectivity index (χ1) is 9.90. The van der Waals surface area contributed by atoms with Crippen LogP contribution in [0.15, 0.2) is 23.5 Å². The van der Waals surface area contributed by atoms with E-state index >= 15 is 0 Å². The van der Waals surface area contributed by atoms with Crippen LogP contribution in [0.2, 0.25) is 0 Å². The molecular formula is C14H25N5O2. The number of hydrogen-bond donors (Lipinski definition) is 2. The van der Waals surface area contributed by atoms with Gasteiger partial charge in [0.25, 0.3) is 0 Å². The van der Waals surface area contributed by atoms with Gasteiger partial charge in [-0.25, -0.2) is 0 Å². The van der Waals surface area contributed by atoms with Crippen LogP contribution >= 0.6 is 0 Å². The number of aliphatic imine (C=N–C) groups is 1. The predicted molar refractivity (Wildman–Crippen MR) is 82.1 cm³/mol. The van der Waals surface area contributed by atoms with E-state index in [1.165, 1.54) is 0 Å². The normalized spacial score (nSPS) is 12.1. The fourth-order valence-corrected chi connectivity index (χ4v) is 1.63. The van der Waals surface area contributed by atoms with E-state index in [1.54, 1.807) is 13.2 Å². The lowest BCUT2D eigenvalue weighted by Crippen LogP contribution is -2.42. The van der Waals surface area contributed by atoms with E-state index < -0.39 is 5.60 Å². The maximum atomic E-state index is 11.6. The van der Waals surface area contributed by atoms with Crippen LogP contribution in [0.3, 0.4) is 0 Å². The van der Waals surface area contributed by atoms with Crippen LogP contribution in [0.5, 0.6) is 0 Å². The molecule has 0 aliphatic carbocycles. The molecular weight excluding hydrogens is 270 g/mol. The van der Waals surface area contributed by atoms with Gasteiger partial charge in [-0.3, -0.25) is 14.5 Å². The van der Waals surface area contributed by atoms with Crippen LogP contribution in [0, 0.1) is 0 Å². The first kappa shape index (κ1) is 17.0. The Labute approximate surface area is 125 Å². The zero-order valence-corrected chi connectivity index (χ0v) is 13.2. The van der Waals surface area contributed by atoms with Crippen molar-refractivity contribution >= 4 is 11.9 Å². The summed E-state index contributed by atoms with van der Waals surface area (Å²) in [6, 6.07) is 1.90. The third-order valence-electron chi connectivity index (χ3n) is 2.46. The summed E-state index contributed by atoms with van der Waals surface area (Å²) in [4.78, 5) is 15.6. The SMILES string of the molecule is CN=C(NCCCn1cccn1)NCC(=O)OC(C)(C)C. The van der Waals surface area contributed by atoms with Crippen molar-refractivity contribution in [3.05, 3.63) is 18.5 Å². The molecule has 1 aromatic rings. The highest BCUT2D eigenvalue weighted by molar-refractivity contribution is 5.84. The molecule has 0 saturated heterocycles. The van der Waals surface area contributed by atoms with E-state index in [-0.39, 0.29) is 12.5 Å². The summed E-state index contributed by atoms with van der Waals surface area (Å²) < 4.78 is 7.08. The Kier molecular flexibility index (Phi) is 6.71. The van der Waals surface area contributed by atoms with Gasteiger partial charge in [-0.15, -0.1) is 0 Å². The van der Waals surface area contributed by atoms with Gasteiger partial charge in [0.15, 0.2) is 5.96 Å². The van der Waals surface area contributed by atoms with Gasteiger partial charge in [-0.05, 0) is 33.3 Å². The Bertz CT molecular complexity index is 448. The molecule has 0 atom stereocenters. The Hall–Kier alpha value is -2.05. The third-order valence-corrected chi connectivity index (χ3v) is 2.46. The molecule has 0 radical (unpaired) electrons. The minimum Gasteiger partial charge on any atom is -0.459 e. The van der Waals surface area contributed by atoms with Crippen molar-refractivity contribution in [1.29, 1.82) is 0 Å². The van der Waals surface area contributed by atoms with E-state index in [9.17, 15) is 4.79 Å². The van der Waals surface area contributed by atoms with Crippen LogP contribution < -0.4 is 10.6 Å². The highest BCUT2D eigenvalue weighted by Crippen LogP contribution is 2.06. The Morgan fingerprint density at radius 2 is 2.14 bits per heavy atom. The number of nitrogens with zero attached hydrogens (tertiary/aromatic N) is 3. The number of aromatic nitrogens is 2. The molecule has 7 nitrogen and oxygen atoms in total. The molecule has 0 amide bonds. The molecule has 0 aliphatic rings. The maximum absolute atomic E-state index is 11.6. The van der Waals surface area contributed by atoms with Crippen molar-refractivity contribution in [3.8, 4) is 0 Å². The fraction of sp³-hybridized carbons (Fsp3) is 0.643. The van der Waals surface area contributed by atoms with Gasteiger partial charge >= 0.3 is 5.97 Å². The standard InChI is InChI=1S/C14H25N5O2/c1-14(2,3)21-12(20)11-17-13(15-4)16-7-5-9-19-10-6-8-18-19/h6,8,10H,5,7,9,11H2,1-4H3,(H2,15,16,17). The van der Waals surface area contributed by atoms with Crippen LogP contribution in [0.25, 0.3) is 0 Å². The van der Waals surface area contributed by atoms with Crippen molar-refractivity contribution in [2.24, 2.45) is 4.99 Å². The number of ether oxygens (including phenoxy) is 1. The van der Waals surface area contributed by atoms with Gasteiger partial charge in [0.1, 0.15) is 12.1 Å². The number of aryl methyl sites for hydroxylation is 1. The van der Waals surface area contributed by atoms with Gasteiger partial charge < -0.3 is 15.4 Å². The first-order valence-corrected chi connectivity index (χ1v) is 7.04. The summed E-state index contributed by atoms with van der Waals surface area (Å²) in [7, 11) is 1.66. The average molecular weight is 295 g/mol. The molecule has 0 aromatic carbocycles. The number of hydrogen-bond acceptors (Lipinski definition) is 4. The van der Waals surface area contributed by atoms with Crippen LogP contribution in [0.4, 0.5) is 0 Å². The predicted octanol–water partition coefficient (Wildman–Crippen LogP) is 0.780.